The number of hydrogen-bond acceptors (Lipinski definition) is 2. The molecule has 3 nitrogen and oxygen atoms in total. The summed E-state index contributed by atoms with van der Waals surface area (Å²) in [5, 5.41) is 8.43. The third-order valence-electron chi connectivity index (χ3n) is 1.94. The highest BCUT2D eigenvalue weighted by Crippen LogP contribution is 2.25. The van der Waals surface area contributed by atoms with Gasteiger partial charge in [0.2, 0.25) is 0 Å². The van der Waals surface area contributed by atoms with Gasteiger partial charge in [0.15, 0.2) is 0 Å². The van der Waals surface area contributed by atoms with Crippen molar-refractivity contribution in [2.24, 2.45) is 0 Å². The molecule has 1 aromatic rings. The number of pyridine rings is 1. The van der Waals surface area contributed by atoms with Gasteiger partial charge in [-0.2, -0.15) is 5.26 Å². The zero-order chi connectivity index (χ0) is 11.4. The second-order valence-electron chi connectivity index (χ2n) is 2.80. The molecule has 1 rings (SSSR count). The minimum Gasteiger partial charge on any atom is -0.329 e. The fraction of sp³-hybridized carbons (Fsp3) is 0.333. The molecule has 0 aliphatic carbocycles. The van der Waals surface area contributed by atoms with Gasteiger partial charge >= 0.3 is 0 Å². The molecule has 0 saturated carbocycles. The summed E-state index contributed by atoms with van der Waals surface area (Å²) < 4.78 is 25.3. The summed E-state index contributed by atoms with van der Waals surface area (Å²) >= 11 is 5.46. The third-order valence-corrected chi connectivity index (χ3v) is 2.23. The van der Waals surface area contributed by atoms with Gasteiger partial charge in [-0.15, -0.1) is 11.6 Å². The van der Waals surface area contributed by atoms with E-state index in [1.54, 1.807) is 6.07 Å². The lowest BCUT2D eigenvalue weighted by Crippen LogP contribution is -2.17. The van der Waals surface area contributed by atoms with Crippen LogP contribution in [0.2, 0.25) is 0 Å². The van der Waals surface area contributed by atoms with E-state index < -0.39 is 17.5 Å². The Kier molecular flexibility index (Phi) is 3.81. The first-order valence-corrected chi connectivity index (χ1v) is 4.59. The summed E-state index contributed by atoms with van der Waals surface area (Å²) in [7, 11) is 0. The van der Waals surface area contributed by atoms with Gasteiger partial charge in [-0.05, 0) is 5.56 Å². The zero-order valence-corrected chi connectivity index (χ0v) is 8.31. The van der Waals surface area contributed by atoms with Crippen LogP contribution >= 0.6 is 11.6 Å². The van der Waals surface area contributed by atoms with Crippen LogP contribution in [0.3, 0.4) is 0 Å². The van der Waals surface area contributed by atoms with Crippen LogP contribution < -0.4 is 5.56 Å². The molecule has 80 valence electrons. The lowest BCUT2D eigenvalue weighted by molar-refractivity contribution is 0.149. The lowest BCUT2D eigenvalue weighted by Gasteiger charge is -2.09. The highest BCUT2D eigenvalue weighted by Gasteiger charge is 2.19. The largest absolute Gasteiger partial charge is 0.329 e. The van der Waals surface area contributed by atoms with E-state index in [9.17, 15) is 13.6 Å². The highest BCUT2D eigenvalue weighted by molar-refractivity contribution is 6.17. The fourth-order valence-corrected chi connectivity index (χ4v) is 1.49. The van der Waals surface area contributed by atoms with Crippen molar-refractivity contribution in [2.45, 2.75) is 18.7 Å². The fourth-order valence-electron chi connectivity index (χ4n) is 1.27. The number of H-pyrrole nitrogens is 1. The predicted octanol–water partition coefficient (Wildman–Crippen LogP) is 2.12. The molecule has 0 bridgehead atoms. The van der Waals surface area contributed by atoms with E-state index in [-0.39, 0.29) is 23.4 Å². The first kappa shape index (κ1) is 11.7. The minimum atomic E-state index is -2.80. The predicted molar refractivity (Wildman–Crippen MR) is 50.9 cm³/mol. The molecule has 0 aliphatic rings. The molecule has 0 radical (unpaired) electrons. The maximum Gasteiger partial charge on any atom is 0.264 e. The Balaban J connectivity index is 3.45. The number of nitrogens with zero attached hydrogens (tertiary/aromatic N) is 1. The first-order valence-electron chi connectivity index (χ1n) is 4.06. The molecule has 0 aromatic carbocycles. The molecule has 0 atom stereocenters. The SMILES string of the molecule is N#CCc1c(C(F)F)c(CCl)c[nH]c1=O. The van der Waals surface area contributed by atoms with Gasteiger partial charge in [-0.25, -0.2) is 8.78 Å². The van der Waals surface area contributed by atoms with Crippen molar-refractivity contribution < 1.29 is 8.78 Å². The Hall–Kier alpha value is -1.41. The normalized spacial score (nSPS) is 10.3. The molecular weight excluding hydrogens is 226 g/mol. The minimum absolute atomic E-state index is 0.130. The number of rotatable bonds is 3. The molecule has 0 fully saturated rings. The maximum atomic E-state index is 12.7. The van der Waals surface area contributed by atoms with Crippen LogP contribution in [0, 0.1) is 11.3 Å². The molecular formula is C9H7ClF2N2O. The van der Waals surface area contributed by atoms with Crippen molar-refractivity contribution in [3.63, 3.8) is 0 Å². The van der Waals surface area contributed by atoms with Crippen LogP contribution in [0.1, 0.15) is 23.1 Å². The number of halogens is 3. The van der Waals surface area contributed by atoms with Gasteiger partial charge in [-0.3, -0.25) is 4.79 Å². The Morgan fingerprint density at radius 1 is 1.60 bits per heavy atom. The number of aromatic amines is 1. The van der Waals surface area contributed by atoms with E-state index in [0.29, 0.717) is 0 Å². The summed E-state index contributed by atoms with van der Waals surface area (Å²) in [5.41, 5.74) is -1.14. The second-order valence-corrected chi connectivity index (χ2v) is 3.07. The van der Waals surface area contributed by atoms with Crippen molar-refractivity contribution in [1.29, 1.82) is 5.26 Å². The average molecular weight is 233 g/mol. The van der Waals surface area contributed by atoms with E-state index in [0.717, 1.165) is 6.20 Å². The number of aromatic nitrogens is 1. The summed E-state index contributed by atoms with van der Waals surface area (Å²) in [6, 6.07) is 1.67. The van der Waals surface area contributed by atoms with E-state index in [2.05, 4.69) is 4.98 Å². The van der Waals surface area contributed by atoms with Crippen LogP contribution in [-0.4, -0.2) is 4.98 Å². The molecule has 1 aromatic heterocycles. The van der Waals surface area contributed by atoms with Crippen molar-refractivity contribution in [3.8, 4) is 6.07 Å². The van der Waals surface area contributed by atoms with E-state index in [4.69, 9.17) is 16.9 Å². The van der Waals surface area contributed by atoms with Gasteiger partial charge in [0.25, 0.3) is 12.0 Å². The van der Waals surface area contributed by atoms with Crippen molar-refractivity contribution >= 4 is 11.6 Å². The molecule has 6 heteroatoms. The summed E-state index contributed by atoms with van der Waals surface area (Å²) in [5.74, 6) is -0.130. The van der Waals surface area contributed by atoms with Gasteiger partial charge in [0.05, 0.1) is 12.5 Å². The summed E-state index contributed by atoms with van der Waals surface area (Å²) in [6.45, 7) is 0. The maximum absolute atomic E-state index is 12.7. The van der Waals surface area contributed by atoms with Gasteiger partial charge in [0.1, 0.15) is 0 Å². The van der Waals surface area contributed by atoms with Crippen molar-refractivity contribution in [3.05, 3.63) is 33.2 Å². The zero-order valence-electron chi connectivity index (χ0n) is 7.56. The Bertz CT molecular complexity index is 450. The van der Waals surface area contributed by atoms with Gasteiger partial charge < -0.3 is 4.98 Å². The Labute approximate surface area is 89.3 Å². The lowest BCUT2D eigenvalue weighted by atomic mass is 10.0. The van der Waals surface area contributed by atoms with E-state index in [1.165, 1.54) is 0 Å². The third kappa shape index (κ3) is 2.34. The van der Waals surface area contributed by atoms with Gasteiger partial charge in [0, 0.05) is 23.2 Å². The topological polar surface area (TPSA) is 56.6 Å². The van der Waals surface area contributed by atoms with Crippen LogP contribution in [0.4, 0.5) is 8.78 Å². The molecule has 0 saturated heterocycles. The standard InChI is InChI=1S/C9H7ClF2N2O/c10-3-5-4-14-9(15)6(1-2-13)7(5)8(11)12/h4,8H,1,3H2,(H,14,15). The van der Waals surface area contributed by atoms with Crippen LogP contribution in [0.15, 0.2) is 11.0 Å². The van der Waals surface area contributed by atoms with Crippen LogP contribution in [0.25, 0.3) is 0 Å². The second kappa shape index (κ2) is 4.89. The van der Waals surface area contributed by atoms with E-state index in [1.807, 2.05) is 0 Å². The Morgan fingerprint density at radius 2 is 2.27 bits per heavy atom. The molecule has 15 heavy (non-hydrogen) atoms. The quantitative estimate of drug-likeness (QED) is 0.812. The van der Waals surface area contributed by atoms with Crippen molar-refractivity contribution in [1.82, 2.24) is 4.98 Å². The number of hydrogen-bond donors (Lipinski definition) is 1. The molecule has 1 heterocycles. The first-order chi connectivity index (χ1) is 7.11. The molecule has 0 spiro atoms. The van der Waals surface area contributed by atoms with Crippen LogP contribution in [0.5, 0.6) is 0 Å². The average Bonchev–Trinajstić information content (AvgIpc) is 2.20. The van der Waals surface area contributed by atoms with E-state index >= 15 is 0 Å². The summed E-state index contributed by atoms with van der Waals surface area (Å²) in [6.07, 6.45) is -2.00. The number of alkyl halides is 3. The van der Waals surface area contributed by atoms with Gasteiger partial charge in [-0.1, -0.05) is 0 Å². The molecule has 0 aliphatic heterocycles. The number of nitriles is 1. The summed E-state index contributed by atoms with van der Waals surface area (Å²) in [4.78, 5) is 13.5. The highest BCUT2D eigenvalue weighted by atomic mass is 35.5. The Morgan fingerprint density at radius 3 is 2.73 bits per heavy atom. The van der Waals surface area contributed by atoms with Crippen molar-refractivity contribution in [2.75, 3.05) is 0 Å². The van der Waals surface area contributed by atoms with Crippen LogP contribution in [-0.2, 0) is 12.3 Å². The molecule has 0 unspecified atom stereocenters. The number of nitrogens with one attached hydrogen (secondary N) is 1. The molecule has 1 N–H and O–H groups in total. The smallest absolute Gasteiger partial charge is 0.264 e. The monoisotopic (exact) mass is 232 g/mol. The molecule has 0 amide bonds.